The van der Waals surface area contributed by atoms with Crippen LogP contribution in [0.15, 0.2) is 0 Å². The second kappa shape index (κ2) is 4.39. The molecule has 4 fully saturated rings. The van der Waals surface area contributed by atoms with E-state index in [2.05, 4.69) is 0 Å². The molecule has 0 aromatic carbocycles. The molecule has 0 amide bonds. The minimum absolute atomic E-state index is 1.11. The van der Waals surface area contributed by atoms with Crippen molar-refractivity contribution in [1.29, 1.82) is 0 Å². The van der Waals surface area contributed by atoms with Crippen LogP contribution in [0.2, 0.25) is 0 Å². The van der Waals surface area contributed by atoms with Crippen LogP contribution in [-0.2, 0) is 0 Å². The fourth-order valence-corrected chi connectivity index (χ4v) is 4.54. The van der Waals surface area contributed by atoms with Crippen molar-refractivity contribution in [1.82, 2.24) is 0 Å². The zero-order valence-electron chi connectivity index (χ0n) is 10.0. The molecule has 0 aromatic rings. The van der Waals surface area contributed by atoms with Crippen molar-refractivity contribution in [3.05, 3.63) is 5.92 Å². The van der Waals surface area contributed by atoms with E-state index in [-0.39, 0.29) is 0 Å². The predicted molar refractivity (Wildman–Crippen MR) is 64.5 cm³/mol. The standard InChI is InChI=1S/C15H25/c1-2-4-6-13-9-14-7-12(5-3-1)8-15(10-13)11-14/h12,14-15H,1-11H2/q+1. The molecule has 15 heavy (non-hydrogen) atoms. The van der Waals surface area contributed by atoms with Gasteiger partial charge in [0.25, 0.3) is 0 Å². The van der Waals surface area contributed by atoms with Crippen molar-refractivity contribution < 1.29 is 0 Å². The molecule has 0 aliphatic heterocycles. The summed E-state index contributed by atoms with van der Waals surface area (Å²) in [7, 11) is 0. The molecule has 0 nitrogen and oxygen atoms in total. The fourth-order valence-electron chi connectivity index (χ4n) is 4.54. The molecule has 4 bridgehead atoms. The molecule has 4 aliphatic rings. The maximum atomic E-state index is 1.96. The summed E-state index contributed by atoms with van der Waals surface area (Å²) in [5, 5.41) is 0. The first-order chi connectivity index (χ1) is 7.40. The molecule has 2 unspecified atom stereocenters. The van der Waals surface area contributed by atoms with Gasteiger partial charge in [-0.3, -0.25) is 0 Å². The van der Waals surface area contributed by atoms with Crippen molar-refractivity contribution >= 4 is 0 Å². The second-order valence-electron chi connectivity index (χ2n) is 6.42. The minimum atomic E-state index is 1.11. The summed E-state index contributed by atoms with van der Waals surface area (Å²) in [5.74, 6) is 5.29. The van der Waals surface area contributed by atoms with Gasteiger partial charge in [0, 0.05) is 11.8 Å². The quantitative estimate of drug-likeness (QED) is 0.501. The lowest BCUT2D eigenvalue weighted by Gasteiger charge is -2.37. The van der Waals surface area contributed by atoms with E-state index in [0.29, 0.717) is 0 Å². The van der Waals surface area contributed by atoms with E-state index in [0.717, 1.165) is 17.8 Å². The van der Waals surface area contributed by atoms with Gasteiger partial charge in [0.05, 0.1) is 25.2 Å². The first kappa shape index (κ1) is 10.1. The predicted octanol–water partition coefficient (Wildman–Crippen LogP) is 4.74. The summed E-state index contributed by atoms with van der Waals surface area (Å²) < 4.78 is 0. The van der Waals surface area contributed by atoms with Gasteiger partial charge >= 0.3 is 0 Å². The Bertz CT molecular complexity index is 170. The third kappa shape index (κ3) is 2.34. The van der Waals surface area contributed by atoms with Crippen molar-refractivity contribution in [2.75, 3.05) is 0 Å². The summed E-state index contributed by atoms with van der Waals surface area (Å²) in [6.07, 6.45) is 16.9. The van der Waals surface area contributed by atoms with Gasteiger partial charge in [-0.05, 0) is 38.0 Å². The third-order valence-corrected chi connectivity index (χ3v) is 5.05. The van der Waals surface area contributed by atoms with Gasteiger partial charge in [-0.2, -0.15) is 0 Å². The molecule has 0 aromatic heterocycles. The normalized spacial score (nSPS) is 41.6. The van der Waals surface area contributed by atoms with E-state index in [9.17, 15) is 0 Å². The molecular weight excluding hydrogens is 180 g/mol. The SMILES string of the molecule is C1CCCC2CC3C[C+](CC1)CC(C2)C3. The molecule has 4 aliphatic carbocycles. The van der Waals surface area contributed by atoms with Crippen LogP contribution in [0.25, 0.3) is 0 Å². The van der Waals surface area contributed by atoms with Crippen molar-refractivity contribution in [3.63, 3.8) is 0 Å². The molecule has 0 saturated heterocycles. The molecule has 0 N–H and O–H groups in total. The monoisotopic (exact) mass is 205 g/mol. The Morgan fingerprint density at radius 1 is 0.667 bits per heavy atom. The highest BCUT2D eigenvalue weighted by Gasteiger charge is 2.41. The number of rotatable bonds is 0. The van der Waals surface area contributed by atoms with E-state index in [4.69, 9.17) is 0 Å². The number of hydrogen-bond donors (Lipinski definition) is 0. The van der Waals surface area contributed by atoms with Crippen LogP contribution in [0.4, 0.5) is 0 Å². The van der Waals surface area contributed by atoms with Crippen LogP contribution in [0.5, 0.6) is 0 Å². The van der Waals surface area contributed by atoms with Crippen molar-refractivity contribution in [2.24, 2.45) is 17.8 Å². The van der Waals surface area contributed by atoms with Gasteiger partial charge in [0.1, 0.15) is 0 Å². The highest BCUT2D eigenvalue weighted by atomic mass is 14.4. The van der Waals surface area contributed by atoms with Gasteiger partial charge in [-0.1, -0.05) is 19.3 Å². The summed E-state index contributed by atoms with van der Waals surface area (Å²) in [6, 6.07) is 0. The Kier molecular flexibility index (Phi) is 2.94. The molecule has 0 spiro atoms. The van der Waals surface area contributed by atoms with E-state index >= 15 is 0 Å². The zero-order chi connectivity index (χ0) is 10.1. The number of hydrogen-bond acceptors (Lipinski definition) is 0. The number of fused-ring (bicyclic) bond motifs is 5. The van der Waals surface area contributed by atoms with Gasteiger partial charge in [-0.15, -0.1) is 0 Å². The fraction of sp³-hybridized carbons (Fsp3) is 0.933. The molecule has 0 heterocycles. The molecule has 4 saturated carbocycles. The van der Waals surface area contributed by atoms with Gasteiger partial charge in [0.2, 0.25) is 0 Å². The molecule has 2 atom stereocenters. The molecule has 84 valence electrons. The first-order valence-corrected chi connectivity index (χ1v) is 7.23. The Labute approximate surface area is 94.8 Å². The van der Waals surface area contributed by atoms with Crippen LogP contribution in [0, 0.1) is 23.7 Å². The van der Waals surface area contributed by atoms with E-state index in [1.54, 1.807) is 25.7 Å². The lowest BCUT2D eigenvalue weighted by atomic mass is 9.63. The maximum absolute atomic E-state index is 1.96. The summed E-state index contributed by atoms with van der Waals surface area (Å²) in [5.41, 5.74) is 0. The van der Waals surface area contributed by atoms with Crippen LogP contribution in [0.3, 0.4) is 0 Å². The summed E-state index contributed by atoms with van der Waals surface area (Å²) >= 11 is 0. The van der Waals surface area contributed by atoms with E-state index in [1.807, 2.05) is 5.92 Å². The Hall–Kier alpha value is -0.130. The molecule has 0 heteroatoms. The average molecular weight is 205 g/mol. The van der Waals surface area contributed by atoms with Gasteiger partial charge in [-0.25, -0.2) is 0 Å². The van der Waals surface area contributed by atoms with Crippen LogP contribution >= 0.6 is 0 Å². The minimum Gasteiger partial charge on any atom is -0.0531 e. The van der Waals surface area contributed by atoms with E-state index in [1.165, 1.54) is 44.9 Å². The highest BCUT2D eigenvalue weighted by molar-refractivity contribution is 5.01. The summed E-state index contributed by atoms with van der Waals surface area (Å²) in [6.45, 7) is 0. The average Bonchev–Trinajstić information content (AvgIpc) is 2.25. The largest absolute Gasteiger partial charge is 0.0928 e. The van der Waals surface area contributed by atoms with E-state index < -0.39 is 0 Å². The van der Waals surface area contributed by atoms with Crippen LogP contribution in [0.1, 0.15) is 70.6 Å². The van der Waals surface area contributed by atoms with Crippen LogP contribution < -0.4 is 0 Å². The maximum Gasteiger partial charge on any atom is 0.0928 e. The highest BCUT2D eigenvalue weighted by Crippen LogP contribution is 2.48. The molecule has 0 radical (unpaired) electrons. The molecular formula is C15H25+. The smallest absolute Gasteiger partial charge is 0.0531 e. The lowest BCUT2D eigenvalue weighted by molar-refractivity contribution is 0.141. The third-order valence-electron chi connectivity index (χ3n) is 5.05. The zero-order valence-corrected chi connectivity index (χ0v) is 10.0. The van der Waals surface area contributed by atoms with Gasteiger partial charge in [0.15, 0.2) is 0 Å². The van der Waals surface area contributed by atoms with Crippen molar-refractivity contribution in [3.8, 4) is 0 Å². The molecule has 4 rings (SSSR count). The van der Waals surface area contributed by atoms with Crippen LogP contribution in [-0.4, -0.2) is 0 Å². The van der Waals surface area contributed by atoms with Gasteiger partial charge < -0.3 is 0 Å². The second-order valence-corrected chi connectivity index (χ2v) is 6.42. The Morgan fingerprint density at radius 2 is 1.33 bits per heavy atom. The summed E-state index contributed by atoms with van der Waals surface area (Å²) in [4.78, 5) is 0. The Morgan fingerprint density at radius 3 is 2.13 bits per heavy atom. The Balaban J connectivity index is 1.71. The first-order valence-electron chi connectivity index (χ1n) is 7.23. The lowest BCUT2D eigenvalue weighted by Crippen LogP contribution is -2.30. The van der Waals surface area contributed by atoms with Crippen molar-refractivity contribution in [2.45, 2.75) is 70.6 Å². The topological polar surface area (TPSA) is 0 Å².